The molecule has 0 unspecified atom stereocenters. The van der Waals surface area contributed by atoms with Crippen molar-refractivity contribution in [2.75, 3.05) is 13.1 Å². The van der Waals surface area contributed by atoms with Crippen LogP contribution in [-0.2, 0) is 10.2 Å². The summed E-state index contributed by atoms with van der Waals surface area (Å²) in [6.45, 7) is 4.30. The summed E-state index contributed by atoms with van der Waals surface area (Å²) in [5.74, 6) is -0.745. The van der Waals surface area contributed by atoms with Gasteiger partial charge in [0.15, 0.2) is 0 Å². The van der Waals surface area contributed by atoms with Crippen LogP contribution in [0.1, 0.15) is 39.9 Å². The highest BCUT2D eigenvalue weighted by Gasteiger charge is 2.44. The molecule has 0 aromatic heterocycles. The monoisotopic (exact) mass is 354 g/mol. The molecule has 1 aliphatic rings. The van der Waals surface area contributed by atoms with Crippen LogP contribution in [-0.4, -0.2) is 24.9 Å². The normalized spacial score (nSPS) is 14.6. The van der Waals surface area contributed by atoms with Gasteiger partial charge in [-0.1, -0.05) is 29.3 Å². The van der Waals surface area contributed by atoms with Crippen LogP contribution in [0.15, 0.2) is 42.5 Å². The van der Waals surface area contributed by atoms with Gasteiger partial charge in [-0.15, -0.1) is 0 Å². The average Bonchev–Trinajstić information content (AvgIpc) is 3.38. The molecule has 26 heavy (non-hydrogen) atoms. The van der Waals surface area contributed by atoms with E-state index in [4.69, 9.17) is 0 Å². The molecule has 0 atom stereocenters. The van der Waals surface area contributed by atoms with E-state index < -0.39 is 0 Å². The summed E-state index contributed by atoms with van der Waals surface area (Å²) in [5, 5.41) is 5.54. The lowest BCUT2D eigenvalue weighted by Crippen LogP contribution is -2.40. The van der Waals surface area contributed by atoms with Gasteiger partial charge < -0.3 is 10.6 Å². The lowest BCUT2D eigenvalue weighted by molar-refractivity contribution is -0.120. The Morgan fingerprint density at radius 3 is 2.19 bits per heavy atom. The summed E-state index contributed by atoms with van der Waals surface area (Å²) < 4.78 is 13.1. The van der Waals surface area contributed by atoms with Crippen LogP contribution < -0.4 is 10.6 Å². The number of benzene rings is 2. The number of rotatable bonds is 6. The van der Waals surface area contributed by atoms with Gasteiger partial charge in [0.1, 0.15) is 5.82 Å². The zero-order chi connectivity index (χ0) is 18.7. The van der Waals surface area contributed by atoms with Crippen molar-refractivity contribution in [1.82, 2.24) is 10.6 Å². The van der Waals surface area contributed by atoms with Crippen molar-refractivity contribution in [3.63, 3.8) is 0 Å². The number of hydrogen-bond acceptors (Lipinski definition) is 2. The topological polar surface area (TPSA) is 58.2 Å². The van der Waals surface area contributed by atoms with Gasteiger partial charge in [-0.2, -0.15) is 0 Å². The molecule has 136 valence electrons. The van der Waals surface area contributed by atoms with E-state index in [1.807, 2.05) is 19.9 Å². The first-order valence-corrected chi connectivity index (χ1v) is 8.77. The molecular formula is C21H23FN2O2. The van der Waals surface area contributed by atoms with Gasteiger partial charge in [-0.05, 0) is 56.5 Å². The van der Waals surface area contributed by atoms with Gasteiger partial charge >= 0.3 is 0 Å². The van der Waals surface area contributed by atoms with E-state index in [0.717, 1.165) is 29.5 Å². The summed E-state index contributed by atoms with van der Waals surface area (Å²) >= 11 is 0. The molecule has 5 heteroatoms. The Balaban J connectivity index is 1.50. The van der Waals surface area contributed by atoms with Crippen LogP contribution in [0.4, 0.5) is 4.39 Å². The molecule has 0 aliphatic heterocycles. The zero-order valence-corrected chi connectivity index (χ0v) is 15.1. The van der Waals surface area contributed by atoms with Crippen molar-refractivity contribution in [3.8, 4) is 0 Å². The van der Waals surface area contributed by atoms with Crippen molar-refractivity contribution in [3.05, 3.63) is 70.5 Å². The molecule has 2 N–H and O–H groups in total. The minimum absolute atomic E-state index is 0.0642. The Hall–Kier alpha value is -2.69. The molecule has 1 fully saturated rings. The standard InChI is InChI=1S/C21H23FN2O2/c1-14-9-15(2)11-16(10-14)20(26)23-12-19(25)24-13-21(7-8-21)17-3-5-18(22)6-4-17/h3-6,9-11H,7-8,12-13H2,1-2H3,(H,23,26)(H,24,25). The average molecular weight is 354 g/mol. The van der Waals surface area contributed by atoms with Gasteiger partial charge in [-0.25, -0.2) is 4.39 Å². The van der Waals surface area contributed by atoms with Crippen molar-refractivity contribution in [2.24, 2.45) is 0 Å². The highest BCUT2D eigenvalue weighted by molar-refractivity contribution is 5.96. The fourth-order valence-corrected chi connectivity index (χ4v) is 3.22. The lowest BCUT2D eigenvalue weighted by Gasteiger charge is -2.17. The van der Waals surface area contributed by atoms with Crippen LogP contribution in [0.25, 0.3) is 0 Å². The predicted molar refractivity (Wildman–Crippen MR) is 98.6 cm³/mol. The van der Waals surface area contributed by atoms with Gasteiger partial charge in [0.2, 0.25) is 5.91 Å². The van der Waals surface area contributed by atoms with Crippen molar-refractivity contribution < 1.29 is 14.0 Å². The Labute approximate surface area is 152 Å². The summed E-state index contributed by atoms with van der Waals surface area (Å²) in [6, 6.07) is 12.0. The molecular weight excluding hydrogens is 331 g/mol. The fraction of sp³-hybridized carbons (Fsp3) is 0.333. The third-order valence-corrected chi connectivity index (χ3v) is 4.83. The van der Waals surface area contributed by atoms with E-state index in [1.54, 1.807) is 24.3 Å². The third-order valence-electron chi connectivity index (χ3n) is 4.83. The maximum absolute atomic E-state index is 13.1. The fourth-order valence-electron chi connectivity index (χ4n) is 3.22. The summed E-state index contributed by atoms with van der Waals surface area (Å²) in [6.07, 6.45) is 1.93. The third kappa shape index (κ3) is 4.28. The quantitative estimate of drug-likeness (QED) is 0.838. The molecule has 1 saturated carbocycles. The number of amides is 2. The van der Waals surface area contributed by atoms with Gasteiger partial charge in [-0.3, -0.25) is 9.59 Å². The number of aryl methyl sites for hydroxylation is 2. The SMILES string of the molecule is Cc1cc(C)cc(C(=O)NCC(=O)NCC2(c3ccc(F)cc3)CC2)c1. The largest absolute Gasteiger partial charge is 0.354 e. The Morgan fingerprint density at radius 1 is 1.00 bits per heavy atom. The summed E-state index contributed by atoms with van der Waals surface area (Å²) in [5.41, 5.74) is 3.52. The Morgan fingerprint density at radius 2 is 1.62 bits per heavy atom. The van der Waals surface area contributed by atoms with E-state index in [2.05, 4.69) is 10.6 Å². The van der Waals surface area contributed by atoms with Crippen LogP contribution in [0, 0.1) is 19.7 Å². The number of nitrogens with one attached hydrogen (secondary N) is 2. The van der Waals surface area contributed by atoms with Crippen molar-refractivity contribution in [1.29, 1.82) is 0 Å². The van der Waals surface area contributed by atoms with Gasteiger partial charge in [0.25, 0.3) is 5.91 Å². The van der Waals surface area contributed by atoms with E-state index >= 15 is 0 Å². The first-order chi connectivity index (χ1) is 12.4. The predicted octanol–water partition coefficient (Wildman–Crippen LogP) is 3.02. The number of halogens is 1. The minimum atomic E-state index is -0.261. The second-order valence-electron chi connectivity index (χ2n) is 7.12. The van der Waals surface area contributed by atoms with E-state index in [1.165, 1.54) is 12.1 Å². The molecule has 0 heterocycles. The smallest absolute Gasteiger partial charge is 0.251 e. The first kappa shape index (κ1) is 18.1. The van der Waals surface area contributed by atoms with E-state index in [0.29, 0.717) is 12.1 Å². The molecule has 0 bridgehead atoms. The molecule has 4 nitrogen and oxygen atoms in total. The highest BCUT2D eigenvalue weighted by Crippen LogP contribution is 2.47. The number of carbonyl (C=O) groups is 2. The van der Waals surface area contributed by atoms with Gasteiger partial charge in [0.05, 0.1) is 6.54 Å². The minimum Gasteiger partial charge on any atom is -0.354 e. The molecule has 2 aromatic carbocycles. The highest BCUT2D eigenvalue weighted by atomic mass is 19.1. The molecule has 0 radical (unpaired) electrons. The molecule has 2 aromatic rings. The maximum Gasteiger partial charge on any atom is 0.251 e. The molecule has 0 saturated heterocycles. The van der Waals surface area contributed by atoms with Crippen LogP contribution >= 0.6 is 0 Å². The van der Waals surface area contributed by atoms with E-state index in [9.17, 15) is 14.0 Å². The molecule has 0 spiro atoms. The molecule has 1 aliphatic carbocycles. The Kier molecular flexibility index (Phi) is 5.07. The maximum atomic E-state index is 13.1. The number of carbonyl (C=O) groups excluding carboxylic acids is 2. The second kappa shape index (κ2) is 7.28. The number of hydrogen-bond donors (Lipinski definition) is 2. The first-order valence-electron chi connectivity index (χ1n) is 8.77. The molecule has 3 rings (SSSR count). The van der Waals surface area contributed by atoms with Crippen LogP contribution in [0.5, 0.6) is 0 Å². The van der Waals surface area contributed by atoms with Crippen LogP contribution in [0.2, 0.25) is 0 Å². The summed E-state index contributed by atoms with van der Waals surface area (Å²) in [4.78, 5) is 24.3. The zero-order valence-electron chi connectivity index (χ0n) is 15.1. The van der Waals surface area contributed by atoms with Crippen molar-refractivity contribution in [2.45, 2.75) is 32.1 Å². The van der Waals surface area contributed by atoms with Crippen molar-refractivity contribution >= 4 is 11.8 Å². The Bertz CT molecular complexity index is 806. The lowest BCUT2D eigenvalue weighted by atomic mass is 9.96. The summed E-state index contributed by atoms with van der Waals surface area (Å²) in [7, 11) is 0. The molecule has 2 amide bonds. The van der Waals surface area contributed by atoms with Crippen LogP contribution in [0.3, 0.4) is 0 Å². The van der Waals surface area contributed by atoms with Gasteiger partial charge in [0, 0.05) is 17.5 Å². The van der Waals surface area contributed by atoms with E-state index in [-0.39, 0.29) is 29.6 Å². The second-order valence-corrected chi connectivity index (χ2v) is 7.12.